The maximum atomic E-state index is 12.5. The number of thiazole rings is 1. The van der Waals surface area contributed by atoms with Gasteiger partial charge in [-0.05, 0) is 18.1 Å². The Hall–Kier alpha value is -2.41. The number of carbonyl (C=O) groups is 2. The molecule has 0 saturated carbocycles. The van der Waals surface area contributed by atoms with E-state index in [9.17, 15) is 9.59 Å². The van der Waals surface area contributed by atoms with Crippen LogP contribution < -0.4 is 11.1 Å². The molecule has 0 unspecified atom stereocenters. The van der Waals surface area contributed by atoms with E-state index in [0.717, 1.165) is 11.3 Å². The first-order valence-electron chi connectivity index (χ1n) is 7.96. The topological polar surface area (TPSA) is 88.3 Å². The summed E-state index contributed by atoms with van der Waals surface area (Å²) in [4.78, 5) is 30.9. The van der Waals surface area contributed by atoms with Crippen molar-refractivity contribution in [1.29, 1.82) is 0 Å². The van der Waals surface area contributed by atoms with Crippen molar-refractivity contribution in [1.82, 2.24) is 15.2 Å². The van der Waals surface area contributed by atoms with Gasteiger partial charge in [0, 0.05) is 30.5 Å². The molecule has 0 fully saturated rings. The third-order valence-corrected chi connectivity index (χ3v) is 4.89. The predicted molar refractivity (Wildman–Crippen MR) is 93.6 cm³/mol. The van der Waals surface area contributed by atoms with Gasteiger partial charge in [0.2, 0.25) is 5.91 Å². The minimum atomic E-state index is -0.453. The minimum absolute atomic E-state index is 0.0696. The van der Waals surface area contributed by atoms with Gasteiger partial charge in [-0.1, -0.05) is 25.1 Å². The van der Waals surface area contributed by atoms with Gasteiger partial charge in [0.1, 0.15) is 6.04 Å². The highest BCUT2D eigenvalue weighted by Crippen LogP contribution is 2.25. The van der Waals surface area contributed by atoms with Crippen LogP contribution in [0.25, 0.3) is 0 Å². The van der Waals surface area contributed by atoms with Crippen molar-refractivity contribution in [2.75, 3.05) is 12.3 Å². The minimum Gasteiger partial charge on any atom is -0.375 e. The lowest BCUT2D eigenvalue weighted by Crippen LogP contribution is -2.47. The summed E-state index contributed by atoms with van der Waals surface area (Å²) in [7, 11) is 0. The highest BCUT2D eigenvalue weighted by Gasteiger charge is 2.34. The average Bonchev–Trinajstić information content (AvgIpc) is 3.13. The standard InChI is InChI=1S/C17H20N4O2S/c1-2-14(15(22)19-8-7-12-10-24-17(18)20-12)21-9-11-5-3-4-6-13(11)16(21)23/h3-6,10,14H,2,7-9H2,1H3,(H2,18,20)(H,19,22)/t14-/m1/s1. The molecular weight excluding hydrogens is 324 g/mol. The van der Waals surface area contributed by atoms with Crippen LogP contribution in [-0.2, 0) is 17.8 Å². The predicted octanol–water partition coefficient (Wildman–Crippen LogP) is 1.82. The van der Waals surface area contributed by atoms with E-state index in [2.05, 4.69) is 10.3 Å². The van der Waals surface area contributed by atoms with E-state index in [1.54, 1.807) is 4.90 Å². The van der Waals surface area contributed by atoms with Crippen molar-refractivity contribution < 1.29 is 9.59 Å². The molecule has 1 aromatic heterocycles. The molecule has 2 aromatic rings. The number of hydrogen-bond donors (Lipinski definition) is 2. The molecule has 0 spiro atoms. The van der Waals surface area contributed by atoms with Crippen LogP contribution in [0.5, 0.6) is 0 Å². The van der Waals surface area contributed by atoms with Gasteiger partial charge >= 0.3 is 0 Å². The van der Waals surface area contributed by atoms with Gasteiger partial charge in [0.15, 0.2) is 5.13 Å². The van der Waals surface area contributed by atoms with E-state index in [-0.39, 0.29) is 11.8 Å². The van der Waals surface area contributed by atoms with Crippen LogP contribution in [0.1, 0.15) is 35.0 Å². The Bertz CT molecular complexity index is 759. The first-order chi connectivity index (χ1) is 11.6. The van der Waals surface area contributed by atoms with Gasteiger partial charge in [-0.2, -0.15) is 0 Å². The highest BCUT2D eigenvalue weighted by atomic mass is 32.1. The number of fused-ring (bicyclic) bond motifs is 1. The van der Waals surface area contributed by atoms with Crippen LogP contribution in [0.15, 0.2) is 29.6 Å². The first-order valence-corrected chi connectivity index (χ1v) is 8.84. The Morgan fingerprint density at radius 3 is 2.92 bits per heavy atom. The fraction of sp³-hybridized carbons (Fsp3) is 0.353. The van der Waals surface area contributed by atoms with E-state index in [0.29, 0.717) is 36.6 Å². The summed E-state index contributed by atoms with van der Waals surface area (Å²) in [5.74, 6) is -0.193. The second kappa shape index (κ2) is 7.00. The van der Waals surface area contributed by atoms with E-state index in [1.165, 1.54) is 11.3 Å². The Labute approximate surface area is 144 Å². The lowest BCUT2D eigenvalue weighted by molar-refractivity contribution is -0.125. The summed E-state index contributed by atoms with van der Waals surface area (Å²) in [6, 6.07) is 7.06. The lowest BCUT2D eigenvalue weighted by Gasteiger charge is -2.25. The molecule has 0 radical (unpaired) electrons. The van der Waals surface area contributed by atoms with E-state index in [1.807, 2.05) is 36.6 Å². The first kappa shape index (κ1) is 16.4. The normalized spacial score (nSPS) is 14.5. The smallest absolute Gasteiger partial charge is 0.255 e. The Morgan fingerprint density at radius 1 is 1.46 bits per heavy atom. The number of nitrogens with two attached hydrogens (primary N) is 1. The van der Waals surface area contributed by atoms with Crippen LogP contribution in [0.4, 0.5) is 5.13 Å². The van der Waals surface area contributed by atoms with Crippen molar-refractivity contribution >= 4 is 28.3 Å². The summed E-state index contributed by atoms with van der Waals surface area (Å²) >= 11 is 1.39. The molecule has 3 rings (SSSR count). The zero-order valence-electron chi connectivity index (χ0n) is 13.5. The molecule has 7 heteroatoms. The van der Waals surface area contributed by atoms with Gasteiger partial charge in [-0.15, -0.1) is 11.3 Å². The van der Waals surface area contributed by atoms with Gasteiger partial charge < -0.3 is 16.0 Å². The monoisotopic (exact) mass is 344 g/mol. The number of nitrogens with one attached hydrogen (secondary N) is 1. The molecule has 0 bridgehead atoms. The molecule has 0 aliphatic carbocycles. The Kier molecular flexibility index (Phi) is 4.80. The van der Waals surface area contributed by atoms with Crippen molar-refractivity contribution in [2.24, 2.45) is 0 Å². The molecule has 1 aromatic carbocycles. The van der Waals surface area contributed by atoms with E-state index in [4.69, 9.17) is 5.73 Å². The summed E-state index contributed by atoms with van der Waals surface area (Å²) < 4.78 is 0. The molecule has 2 heterocycles. The summed E-state index contributed by atoms with van der Waals surface area (Å²) in [5.41, 5.74) is 8.14. The summed E-state index contributed by atoms with van der Waals surface area (Å²) in [5, 5.41) is 5.33. The van der Waals surface area contributed by atoms with Crippen LogP contribution in [0.3, 0.4) is 0 Å². The molecular formula is C17H20N4O2S. The number of amides is 2. The maximum Gasteiger partial charge on any atom is 0.255 e. The van der Waals surface area contributed by atoms with Crippen molar-refractivity contribution in [3.63, 3.8) is 0 Å². The Balaban J connectivity index is 1.60. The van der Waals surface area contributed by atoms with E-state index >= 15 is 0 Å². The molecule has 1 atom stereocenters. The molecule has 0 saturated heterocycles. The van der Waals surface area contributed by atoms with Crippen molar-refractivity contribution in [3.8, 4) is 0 Å². The third-order valence-electron chi connectivity index (χ3n) is 4.16. The second-order valence-electron chi connectivity index (χ2n) is 5.73. The van der Waals surface area contributed by atoms with Gasteiger partial charge in [-0.3, -0.25) is 9.59 Å². The number of hydrogen-bond acceptors (Lipinski definition) is 5. The number of nitrogen functional groups attached to an aromatic ring is 1. The molecule has 3 N–H and O–H groups in total. The van der Waals surface area contributed by atoms with Crippen LogP contribution in [-0.4, -0.2) is 34.3 Å². The third kappa shape index (κ3) is 3.26. The number of carbonyl (C=O) groups excluding carboxylic acids is 2. The van der Waals surface area contributed by atoms with Crippen LogP contribution in [0.2, 0.25) is 0 Å². The Morgan fingerprint density at radius 2 is 2.25 bits per heavy atom. The second-order valence-corrected chi connectivity index (χ2v) is 6.62. The van der Waals surface area contributed by atoms with Crippen molar-refractivity contribution in [2.45, 2.75) is 32.4 Å². The highest BCUT2D eigenvalue weighted by molar-refractivity contribution is 7.13. The number of aromatic nitrogens is 1. The number of nitrogens with zero attached hydrogens (tertiary/aromatic N) is 2. The molecule has 6 nitrogen and oxygen atoms in total. The summed E-state index contributed by atoms with van der Waals surface area (Å²) in [6.07, 6.45) is 1.21. The SMILES string of the molecule is CC[C@H](C(=O)NCCc1csc(N)n1)N1Cc2ccccc2C1=O. The molecule has 2 amide bonds. The fourth-order valence-corrected chi connectivity index (χ4v) is 3.54. The zero-order valence-corrected chi connectivity index (χ0v) is 14.3. The molecule has 1 aliphatic rings. The van der Waals surface area contributed by atoms with Gasteiger partial charge in [0.05, 0.1) is 5.69 Å². The number of rotatable bonds is 6. The summed E-state index contributed by atoms with van der Waals surface area (Å²) in [6.45, 7) is 2.89. The maximum absolute atomic E-state index is 12.5. The van der Waals surface area contributed by atoms with Crippen LogP contribution in [0, 0.1) is 0 Å². The lowest BCUT2D eigenvalue weighted by atomic mass is 10.1. The van der Waals surface area contributed by atoms with E-state index < -0.39 is 6.04 Å². The quantitative estimate of drug-likeness (QED) is 0.837. The molecule has 24 heavy (non-hydrogen) atoms. The van der Waals surface area contributed by atoms with Crippen LogP contribution >= 0.6 is 11.3 Å². The van der Waals surface area contributed by atoms with Crippen molar-refractivity contribution in [3.05, 3.63) is 46.5 Å². The van der Waals surface area contributed by atoms with Gasteiger partial charge in [-0.25, -0.2) is 4.98 Å². The van der Waals surface area contributed by atoms with Gasteiger partial charge in [0.25, 0.3) is 5.91 Å². The fourth-order valence-electron chi connectivity index (χ4n) is 2.94. The largest absolute Gasteiger partial charge is 0.375 e. The number of benzene rings is 1. The number of anilines is 1. The zero-order chi connectivity index (χ0) is 17.1. The molecule has 1 aliphatic heterocycles. The molecule has 126 valence electrons. The average molecular weight is 344 g/mol.